The molecular formula is C22H24N6O4. The number of amides is 2. The number of piperazine rings is 1. The topological polar surface area (TPSA) is 109 Å². The third kappa shape index (κ3) is 3.68. The van der Waals surface area contributed by atoms with Crippen molar-refractivity contribution in [3.05, 3.63) is 36.3 Å². The van der Waals surface area contributed by atoms with Gasteiger partial charge < -0.3 is 29.9 Å². The molecule has 1 saturated heterocycles. The van der Waals surface area contributed by atoms with E-state index in [1.807, 2.05) is 17.0 Å². The number of hydrogen-bond acceptors (Lipinski definition) is 8. The summed E-state index contributed by atoms with van der Waals surface area (Å²) in [6.07, 6.45) is 4.16. The third-order valence-corrected chi connectivity index (χ3v) is 5.84. The first-order valence-electron chi connectivity index (χ1n) is 10.6. The molecule has 4 aliphatic rings. The van der Waals surface area contributed by atoms with Crippen LogP contribution in [0.3, 0.4) is 0 Å². The van der Waals surface area contributed by atoms with E-state index < -0.39 is 0 Å². The van der Waals surface area contributed by atoms with Crippen molar-refractivity contribution in [2.45, 2.75) is 12.8 Å². The summed E-state index contributed by atoms with van der Waals surface area (Å²) >= 11 is 0. The maximum absolute atomic E-state index is 12.7. The summed E-state index contributed by atoms with van der Waals surface area (Å²) in [4.78, 5) is 38.1. The summed E-state index contributed by atoms with van der Waals surface area (Å²) in [5, 5.41) is 6.01. The van der Waals surface area contributed by atoms with E-state index in [1.165, 1.54) is 6.33 Å². The number of carbonyl (C=O) groups is 2. The number of carbonyl (C=O) groups excluding carboxylic acids is 2. The van der Waals surface area contributed by atoms with Crippen molar-refractivity contribution < 1.29 is 19.1 Å². The van der Waals surface area contributed by atoms with Crippen LogP contribution < -0.4 is 25.0 Å². The normalized spacial score (nSPS) is 19.8. The van der Waals surface area contributed by atoms with E-state index in [4.69, 9.17) is 9.47 Å². The van der Waals surface area contributed by atoms with E-state index in [0.717, 1.165) is 5.69 Å². The number of rotatable bonds is 1. The molecule has 0 spiro atoms. The summed E-state index contributed by atoms with van der Waals surface area (Å²) in [5.41, 5.74) is 1.86. The summed E-state index contributed by atoms with van der Waals surface area (Å²) in [6.45, 7) is 2.88. The Balaban J connectivity index is 1.55. The molecule has 0 saturated carbocycles. The van der Waals surface area contributed by atoms with E-state index in [9.17, 15) is 9.59 Å². The number of ether oxygens (including phenoxy) is 2. The number of nitrogens with zero attached hydrogens (tertiary/aromatic N) is 4. The van der Waals surface area contributed by atoms with Gasteiger partial charge in [0.25, 0.3) is 5.91 Å². The van der Waals surface area contributed by atoms with Gasteiger partial charge in [-0.25, -0.2) is 9.97 Å². The molecule has 2 N–H and O–H groups in total. The Morgan fingerprint density at radius 3 is 2.72 bits per heavy atom. The Morgan fingerprint density at radius 1 is 1.09 bits per heavy atom. The van der Waals surface area contributed by atoms with Crippen molar-refractivity contribution in [3.63, 3.8) is 0 Å². The fourth-order valence-corrected chi connectivity index (χ4v) is 4.15. The Kier molecular flexibility index (Phi) is 5.26. The number of fused-ring (bicyclic) bond motifs is 7. The number of aromatic nitrogens is 2. The standard InChI is InChI=1S/C22H24N6O4/c1-31-16-5-4-14-11-17(16)32-10-2-3-18(29)27-6-8-28(9-7-27)21-19-15(12-23-14)22(30)26-20(19)24-13-25-21/h4-5,11-13,23H,2-3,6-10H2,1H3,(H,24,25,26,30)/b15-12-. The summed E-state index contributed by atoms with van der Waals surface area (Å²) in [7, 11) is 1.58. The van der Waals surface area contributed by atoms with Crippen LogP contribution in [0.5, 0.6) is 11.5 Å². The molecule has 0 unspecified atom stereocenters. The van der Waals surface area contributed by atoms with Gasteiger partial charge >= 0.3 is 0 Å². The van der Waals surface area contributed by atoms with Crippen molar-refractivity contribution >= 4 is 34.7 Å². The molecule has 32 heavy (non-hydrogen) atoms. The zero-order chi connectivity index (χ0) is 22.1. The van der Waals surface area contributed by atoms with Gasteiger partial charge in [-0.05, 0) is 18.6 Å². The van der Waals surface area contributed by atoms with Crippen LogP contribution in [0, 0.1) is 0 Å². The second-order valence-corrected chi connectivity index (χ2v) is 7.76. The SMILES string of the molecule is COc1ccc2cc1OCCCC(=O)N1CCN(CC1)c1ncnc3c1/C(=C/N2)C(=O)N3. The van der Waals surface area contributed by atoms with Crippen molar-refractivity contribution in [2.75, 3.05) is 55.4 Å². The highest BCUT2D eigenvalue weighted by atomic mass is 16.5. The molecule has 1 aromatic heterocycles. The predicted molar refractivity (Wildman–Crippen MR) is 119 cm³/mol. The van der Waals surface area contributed by atoms with Crippen LogP contribution in [0.1, 0.15) is 18.4 Å². The van der Waals surface area contributed by atoms with E-state index in [2.05, 4.69) is 25.5 Å². The predicted octanol–water partition coefficient (Wildman–Crippen LogP) is 1.71. The van der Waals surface area contributed by atoms with Gasteiger partial charge in [-0.15, -0.1) is 0 Å². The first-order valence-corrected chi connectivity index (χ1v) is 10.6. The first kappa shape index (κ1) is 20.1. The lowest BCUT2D eigenvalue weighted by atomic mass is 10.1. The number of benzene rings is 1. The van der Waals surface area contributed by atoms with Crippen LogP contribution in [0.25, 0.3) is 5.57 Å². The molecule has 0 atom stereocenters. The fraction of sp³-hybridized carbons (Fsp3) is 0.364. The van der Waals surface area contributed by atoms with Gasteiger partial charge in [0.2, 0.25) is 5.91 Å². The third-order valence-electron chi connectivity index (χ3n) is 5.84. The fourth-order valence-electron chi connectivity index (χ4n) is 4.15. The lowest BCUT2D eigenvalue weighted by molar-refractivity contribution is -0.131. The van der Waals surface area contributed by atoms with Crippen molar-refractivity contribution in [1.29, 1.82) is 0 Å². The molecule has 6 rings (SSSR count). The second kappa shape index (κ2) is 8.37. The summed E-state index contributed by atoms with van der Waals surface area (Å²) < 4.78 is 11.3. The average molecular weight is 436 g/mol. The number of hydrogen-bond donors (Lipinski definition) is 2. The number of methoxy groups -OCH3 is 1. The van der Waals surface area contributed by atoms with Gasteiger partial charge in [-0.1, -0.05) is 0 Å². The Morgan fingerprint density at radius 2 is 1.91 bits per heavy atom. The molecule has 0 radical (unpaired) electrons. The van der Waals surface area contributed by atoms with Crippen molar-refractivity contribution in [2.24, 2.45) is 0 Å². The van der Waals surface area contributed by atoms with E-state index in [1.54, 1.807) is 19.4 Å². The van der Waals surface area contributed by atoms with E-state index in [0.29, 0.717) is 79.9 Å². The quantitative estimate of drug-likeness (QED) is 0.696. The highest BCUT2D eigenvalue weighted by Gasteiger charge is 2.32. The summed E-state index contributed by atoms with van der Waals surface area (Å²) in [5.74, 6) is 2.22. The maximum Gasteiger partial charge on any atom is 0.259 e. The molecule has 166 valence electrons. The molecule has 0 aliphatic carbocycles. The molecule has 2 aromatic rings. The van der Waals surface area contributed by atoms with Gasteiger partial charge in [-0.2, -0.15) is 0 Å². The molecule has 1 fully saturated rings. The summed E-state index contributed by atoms with van der Waals surface area (Å²) in [6, 6.07) is 5.45. The van der Waals surface area contributed by atoms with Crippen molar-refractivity contribution in [3.8, 4) is 11.5 Å². The first-order chi connectivity index (χ1) is 15.6. The maximum atomic E-state index is 12.7. The molecule has 5 heterocycles. The zero-order valence-electron chi connectivity index (χ0n) is 17.8. The van der Waals surface area contributed by atoms with Crippen LogP contribution in [0.2, 0.25) is 0 Å². The minimum absolute atomic E-state index is 0.116. The molecular weight excluding hydrogens is 412 g/mol. The van der Waals surface area contributed by atoms with Crippen LogP contribution in [-0.2, 0) is 9.59 Å². The minimum atomic E-state index is -0.244. The average Bonchev–Trinajstić information content (AvgIpc) is 3.15. The van der Waals surface area contributed by atoms with Gasteiger partial charge in [0.05, 0.1) is 24.9 Å². The van der Waals surface area contributed by atoms with Crippen LogP contribution in [0.15, 0.2) is 30.7 Å². The van der Waals surface area contributed by atoms with Gasteiger partial charge in [0.15, 0.2) is 11.5 Å². The zero-order valence-corrected chi connectivity index (χ0v) is 17.8. The minimum Gasteiger partial charge on any atom is -0.493 e. The lowest BCUT2D eigenvalue weighted by Gasteiger charge is -2.36. The van der Waals surface area contributed by atoms with Crippen LogP contribution in [0.4, 0.5) is 17.3 Å². The monoisotopic (exact) mass is 436 g/mol. The molecule has 10 nitrogen and oxygen atoms in total. The van der Waals surface area contributed by atoms with Crippen molar-refractivity contribution in [1.82, 2.24) is 14.9 Å². The Labute approximate surface area is 185 Å². The molecule has 4 aliphatic heterocycles. The lowest BCUT2D eigenvalue weighted by Crippen LogP contribution is -2.49. The van der Waals surface area contributed by atoms with E-state index >= 15 is 0 Å². The Hall–Kier alpha value is -3.82. The van der Waals surface area contributed by atoms with Gasteiger partial charge in [0.1, 0.15) is 18.0 Å². The van der Waals surface area contributed by atoms with Gasteiger partial charge in [0, 0.05) is 50.6 Å². The Bertz CT molecular complexity index is 1090. The molecule has 2 amide bonds. The number of anilines is 3. The molecule has 10 heteroatoms. The smallest absolute Gasteiger partial charge is 0.259 e. The largest absolute Gasteiger partial charge is 0.493 e. The highest BCUT2D eigenvalue weighted by molar-refractivity contribution is 6.32. The number of nitrogens with one attached hydrogen (secondary N) is 2. The van der Waals surface area contributed by atoms with Gasteiger partial charge in [-0.3, -0.25) is 9.59 Å². The molecule has 1 aromatic carbocycles. The second-order valence-electron chi connectivity index (χ2n) is 7.76. The molecule has 4 bridgehead atoms. The van der Waals surface area contributed by atoms with Crippen LogP contribution in [-0.4, -0.2) is 66.6 Å². The van der Waals surface area contributed by atoms with E-state index in [-0.39, 0.29) is 11.8 Å². The van der Waals surface area contributed by atoms with Crippen LogP contribution >= 0.6 is 0 Å². The highest BCUT2D eigenvalue weighted by Crippen LogP contribution is 2.37.